The number of hydrogen-bond acceptors (Lipinski definition) is 3. The van der Waals surface area contributed by atoms with Crippen LogP contribution in [0.15, 0.2) is 59.4 Å². The lowest BCUT2D eigenvalue weighted by atomic mass is 10.2. The van der Waals surface area contributed by atoms with Gasteiger partial charge in [0.1, 0.15) is 12.4 Å². The van der Waals surface area contributed by atoms with E-state index in [0.717, 1.165) is 17.7 Å². The Bertz CT molecular complexity index is 1090. The standard InChI is InChI=1S/C21H18ClN3O2/c1-14-11-19(26)25(21(23-14)16-6-4-7-17(22)12-16)13-20(27)24-10-9-15-5-2-3-8-18(15)24/h2-8,11-12H,9-10,13H2,1H3. The van der Waals surface area contributed by atoms with Crippen LogP contribution in [0.1, 0.15) is 11.3 Å². The molecule has 2 aromatic carbocycles. The number of rotatable bonds is 3. The van der Waals surface area contributed by atoms with Gasteiger partial charge < -0.3 is 4.90 Å². The van der Waals surface area contributed by atoms with E-state index in [1.54, 1.807) is 30.0 Å². The summed E-state index contributed by atoms with van der Waals surface area (Å²) in [5.74, 6) is 0.319. The Kier molecular flexibility index (Phi) is 4.54. The summed E-state index contributed by atoms with van der Waals surface area (Å²) in [6.45, 7) is 2.32. The average molecular weight is 380 g/mol. The van der Waals surface area contributed by atoms with Gasteiger partial charge in [-0.3, -0.25) is 14.2 Å². The van der Waals surface area contributed by atoms with Crippen LogP contribution in [0, 0.1) is 6.92 Å². The lowest BCUT2D eigenvalue weighted by Crippen LogP contribution is -2.36. The highest BCUT2D eigenvalue weighted by Gasteiger charge is 2.25. The van der Waals surface area contributed by atoms with Crippen LogP contribution in [0.5, 0.6) is 0 Å². The summed E-state index contributed by atoms with van der Waals surface area (Å²) < 4.78 is 1.42. The van der Waals surface area contributed by atoms with E-state index < -0.39 is 0 Å². The van der Waals surface area contributed by atoms with Gasteiger partial charge in [0.2, 0.25) is 5.91 Å². The number of fused-ring (bicyclic) bond motifs is 1. The maximum atomic E-state index is 13.0. The highest BCUT2D eigenvalue weighted by atomic mass is 35.5. The molecule has 1 amide bonds. The Morgan fingerprint density at radius 1 is 1.15 bits per heavy atom. The summed E-state index contributed by atoms with van der Waals surface area (Å²) in [4.78, 5) is 31.9. The molecule has 0 unspecified atom stereocenters. The van der Waals surface area contributed by atoms with Gasteiger partial charge in [0.05, 0.1) is 0 Å². The molecule has 0 bridgehead atoms. The molecule has 0 N–H and O–H groups in total. The molecule has 0 saturated heterocycles. The quantitative estimate of drug-likeness (QED) is 0.700. The van der Waals surface area contributed by atoms with Crippen molar-refractivity contribution >= 4 is 23.2 Å². The molecule has 0 radical (unpaired) electrons. The number of nitrogens with zero attached hydrogens (tertiary/aromatic N) is 3. The van der Waals surface area contributed by atoms with E-state index in [9.17, 15) is 9.59 Å². The van der Waals surface area contributed by atoms with Crippen LogP contribution >= 0.6 is 11.6 Å². The Labute approximate surface area is 161 Å². The zero-order valence-electron chi connectivity index (χ0n) is 14.9. The molecule has 27 heavy (non-hydrogen) atoms. The molecule has 0 aliphatic carbocycles. The van der Waals surface area contributed by atoms with Crippen LogP contribution < -0.4 is 10.5 Å². The molecule has 2 heterocycles. The van der Waals surface area contributed by atoms with Crippen molar-refractivity contribution in [3.05, 3.63) is 81.2 Å². The van der Waals surface area contributed by atoms with Gasteiger partial charge in [0, 0.05) is 34.6 Å². The van der Waals surface area contributed by atoms with E-state index >= 15 is 0 Å². The Balaban J connectivity index is 1.72. The summed E-state index contributed by atoms with van der Waals surface area (Å²) in [6.07, 6.45) is 0.824. The van der Waals surface area contributed by atoms with Gasteiger partial charge in [-0.05, 0) is 37.1 Å². The first kappa shape index (κ1) is 17.5. The zero-order chi connectivity index (χ0) is 19.0. The van der Waals surface area contributed by atoms with Crippen LogP contribution in [-0.2, 0) is 17.8 Å². The van der Waals surface area contributed by atoms with Gasteiger partial charge in [-0.25, -0.2) is 4.98 Å². The number of para-hydroxylation sites is 1. The third-order valence-corrected chi connectivity index (χ3v) is 4.94. The van der Waals surface area contributed by atoms with Crippen LogP contribution in [0.3, 0.4) is 0 Å². The van der Waals surface area contributed by atoms with Crippen molar-refractivity contribution in [2.75, 3.05) is 11.4 Å². The third kappa shape index (κ3) is 3.38. The molecule has 0 spiro atoms. The number of aryl methyl sites for hydroxylation is 1. The number of benzene rings is 2. The fraction of sp³-hybridized carbons (Fsp3) is 0.190. The first-order valence-corrected chi connectivity index (χ1v) is 9.13. The van der Waals surface area contributed by atoms with E-state index in [1.807, 2.05) is 30.3 Å². The van der Waals surface area contributed by atoms with Crippen LogP contribution in [-0.4, -0.2) is 22.0 Å². The summed E-state index contributed by atoms with van der Waals surface area (Å²) in [5.41, 5.74) is 3.12. The summed E-state index contributed by atoms with van der Waals surface area (Å²) in [6, 6.07) is 16.4. The predicted octanol–water partition coefficient (Wildman–Crippen LogP) is 3.46. The number of carbonyl (C=O) groups excluding carboxylic acids is 1. The lowest BCUT2D eigenvalue weighted by Gasteiger charge is -2.19. The van der Waals surface area contributed by atoms with Gasteiger partial charge in [-0.2, -0.15) is 0 Å². The first-order valence-electron chi connectivity index (χ1n) is 8.75. The fourth-order valence-electron chi connectivity index (χ4n) is 3.44. The highest BCUT2D eigenvalue weighted by Crippen LogP contribution is 2.28. The Morgan fingerprint density at radius 3 is 2.78 bits per heavy atom. The molecule has 1 aromatic heterocycles. The van der Waals surface area contributed by atoms with Crippen LogP contribution in [0.2, 0.25) is 5.02 Å². The zero-order valence-corrected chi connectivity index (χ0v) is 15.6. The largest absolute Gasteiger partial charge is 0.310 e. The number of carbonyl (C=O) groups is 1. The van der Waals surface area contributed by atoms with E-state index in [1.165, 1.54) is 10.6 Å². The van der Waals surface area contributed by atoms with Crippen LogP contribution in [0.4, 0.5) is 5.69 Å². The SMILES string of the molecule is Cc1cc(=O)n(CC(=O)N2CCc3ccccc32)c(-c2cccc(Cl)c2)n1. The van der Waals surface area contributed by atoms with Gasteiger partial charge in [0.15, 0.2) is 0 Å². The van der Waals surface area contributed by atoms with Gasteiger partial charge >= 0.3 is 0 Å². The average Bonchev–Trinajstić information content (AvgIpc) is 3.08. The topological polar surface area (TPSA) is 55.2 Å². The molecule has 0 saturated carbocycles. The van der Waals surface area contributed by atoms with Gasteiger partial charge in [-0.15, -0.1) is 0 Å². The van der Waals surface area contributed by atoms with Gasteiger partial charge in [-0.1, -0.05) is 41.9 Å². The second-order valence-electron chi connectivity index (χ2n) is 6.58. The fourth-order valence-corrected chi connectivity index (χ4v) is 3.63. The normalized spacial score (nSPS) is 12.9. The summed E-state index contributed by atoms with van der Waals surface area (Å²) in [5, 5.41) is 0.551. The minimum atomic E-state index is -0.252. The smallest absolute Gasteiger partial charge is 0.254 e. The second-order valence-corrected chi connectivity index (χ2v) is 7.02. The van der Waals surface area contributed by atoms with Crippen molar-refractivity contribution in [1.82, 2.24) is 9.55 Å². The van der Waals surface area contributed by atoms with Crippen molar-refractivity contribution in [2.45, 2.75) is 19.9 Å². The number of aromatic nitrogens is 2. The summed E-state index contributed by atoms with van der Waals surface area (Å²) >= 11 is 6.10. The molecule has 4 rings (SSSR count). The Hall–Kier alpha value is -2.92. The molecule has 0 atom stereocenters. The lowest BCUT2D eigenvalue weighted by molar-refractivity contribution is -0.119. The molecule has 1 aliphatic rings. The molecule has 0 fully saturated rings. The van der Waals surface area contributed by atoms with Crippen molar-refractivity contribution in [1.29, 1.82) is 0 Å². The monoisotopic (exact) mass is 379 g/mol. The molecule has 5 nitrogen and oxygen atoms in total. The molecule has 1 aliphatic heterocycles. The summed E-state index contributed by atoms with van der Waals surface area (Å²) in [7, 11) is 0. The number of amides is 1. The molecule has 3 aromatic rings. The van der Waals surface area contributed by atoms with E-state index in [2.05, 4.69) is 4.98 Å². The second kappa shape index (κ2) is 7.00. The number of hydrogen-bond donors (Lipinski definition) is 0. The van der Waals surface area contributed by atoms with Crippen molar-refractivity contribution in [2.24, 2.45) is 0 Å². The highest BCUT2D eigenvalue weighted by molar-refractivity contribution is 6.30. The van der Waals surface area contributed by atoms with Crippen LogP contribution in [0.25, 0.3) is 11.4 Å². The minimum absolute atomic E-state index is 0.0672. The molecular formula is C21H18ClN3O2. The Morgan fingerprint density at radius 2 is 1.96 bits per heavy atom. The predicted molar refractivity (Wildman–Crippen MR) is 106 cm³/mol. The maximum absolute atomic E-state index is 13.0. The maximum Gasteiger partial charge on any atom is 0.254 e. The molecular weight excluding hydrogens is 362 g/mol. The minimum Gasteiger partial charge on any atom is -0.310 e. The first-order chi connectivity index (χ1) is 13.0. The van der Waals surface area contributed by atoms with Gasteiger partial charge in [0.25, 0.3) is 5.56 Å². The van der Waals surface area contributed by atoms with E-state index in [0.29, 0.717) is 28.6 Å². The number of anilines is 1. The molecule has 136 valence electrons. The number of halogens is 1. The van der Waals surface area contributed by atoms with E-state index in [-0.39, 0.29) is 18.0 Å². The van der Waals surface area contributed by atoms with E-state index in [4.69, 9.17) is 11.6 Å². The molecule has 6 heteroatoms. The van der Waals surface area contributed by atoms with Crippen molar-refractivity contribution < 1.29 is 4.79 Å². The van der Waals surface area contributed by atoms with Crippen molar-refractivity contribution in [3.8, 4) is 11.4 Å². The third-order valence-electron chi connectivity index (χ3n) is 4.70. The van der Waals surface area contributed by atoms with Crippen molar-refractivity contribution in [3.63, 3.8) is 0 Å².